The molecule has 0 amide bonds. The summed E-state index contributed by atoms with van der Waals surface area (Å²) in [6.45, 7) is 4.08. The van der Waals surface area contributed by atoms with E-state index in [9.17, 15) is 22.4 Å². The Morgan fingerprint density at radius 3 is 2.73 bits per heavy atom. The first-order valence-electron chi connectivity index (χ1n) is 12.7. The molecule has 0 spiro atoms. The molecule has 1 heterocycles. The smallest absolute Gasteiger partial charge is 0.339 e. The summed E-state index contributed by atoms with van der Waals surface area (Å²) in [7, 11) is 1.39. The van der Waals surface area contributed by atoms with Crippen LogP contribution in [0.4, 0.5) is 23.3 Å². The molecular weight excluding hydrogens is 526 g/mol. The van der Waals surface area contributed by atoms with Crippen molar-refractivity contribution >= 4 is 18.2 Å². The first kappa shape index (κ1) is 32.3. The van der Waals surface area contributed by atoms with Gasteiger partial charge in [0.1, 0.15) is 18.0 Å². The zero-order valence-corrected chi connectivity index (χ0v) is 22.4. The molecule has 0 radical (unpaired) electrons. The van der Waals surface area contributed by atoms with Gasteiger partial charge in [-0.3, -0.25) is 9.89 Å². The molecule has 0 saturated carbocycles. The number of likely N-dealkylation sites (N-methyl/N-ethyl adjacent to an activating group) is 1. The Morgan fingerprint density at radius 1 is 1.25 bits per heavy atom. The highest BCUT2D eigenvalue weighted by Crippen LogP contribution is 2.22. The average Bonchev–Trinajstić information content (AvgIpc) is 3.43. The van der Waals surface area contributed by atoms with E-state index in [1.807, 2.05) is 36.4 Å². The highest BCUT2D eigenvalue weighted by Gasteiger charge is 2.29. The minimum atomic E-state index is -3.65. The molecule has 1 atom stereocenters. The van der Waals surface area contributed by atoms with E-state index in [2.05, 4.69) is 27.2 Å². The van der Waals surface area contributed by atoms with E-state index in [4.69, 9.17) is 0 Å². The molecule has 2 rings (SSSR count). The third kappa shape index (κ3) is 12.3. The fourth-order valence-corrected chi connectivity index (χ4v) is 3.53. The molecule has 0 aliphatic rings. The predicted molar refractivity (Wildman–Crippen MR) is 151 cm³/mol. The van der Waals surface area contributed by atoms with Crippen molar-refractivity contribution in [3.63, 3.8) is 0 Å². The number of allylic oxidation sites excluding steroid dienone is 4. The van der Waals surface area contributed by atoms with Crippen LogP contribution in [0.1, 0.15) is 25.3 Å². The Morgan fingerprint density at radius 2 is 2.02 bits per heavy atom. The molecule has 0 bridgehead atoms. The lowest BCUT2D eigenvalue weighted by Crippen LogP contribution is -2.42. The molecule has 2 N–H and O–H groups in total. The van der Waals surface area contributed by atoms with Crippen LogP contribution in [0.2, 0.25) is 0 Å². The van der Waals surface area contributed by atoms with Gasteiger partial charge in [0.05, 0.1) is 25.1 Å². The molecule has 0 fully saturated rings. The first-order chi connectivity index (χ1) is 19.3. The molecule has 1 unspecified atom stereocenters. The minimum Gasteiger partial charge on any atom is -0.382 e. The van der Waals surface area contributed by atoms with Crippen molar-refractivity contribution in [3.8, 4) is 11.3 Å². The summed E-state index contributed by atoms with van der Waals surface area (Å²) >= 11 is 0. The molecule has 1 aromatic heterocycles. The average molecular weight is 562 g/mol. The Bertz CT molecular complexity index is 1160. The van der Waals surface area contributed by atoms with Crippen LogP contribution in [0.15, 0.2) is 84.3 Å². The van der Waals surface area contributed by atoms with E-state index in [-0.39, 0.29) is 13.0 Å². The van der Waals surface area contributed by atoms with Crippen molar-refractivity contribution in [2.45, 2.75) is 31.4 Å². The second-order valence-electron chi connectivity index (χ2n) is 8.90. The number of aldehydes is 1. The van der Waals surface area contributed by atoms with E-state index in [1.54, 1.807) is 18.5 Å². The van der Waals surface area contributed by atoms with E-state index in [1.165, 1.54) is 34.9 Å². The second kappa shape index (κ2) is 17.6. The number of carbonyl (C=O) groups excluding carboxylic acids is 1. The molecule has 2 aromatic rings. The minimum absolute atomic E-state index is 0.0894. The Balaban J connectivity index is 1.79. The molecular formula is C28H35F4N7O. The fourth-order valence-electron chi connectivity index (χ4n) is 3.53. The van der Waals surface area contributed by atoms with Gasteiger partial charge >= 0.3 is 6.05 Å². The number of aromatic nitrogens is 3. The molecule has 0 saturated heterocycles. The van der Waals surface area contributed by atoms with Gasteiger partial charge in [0.2, 0.25) is 0 Å². The largest absolute Gasteiger partial charge is 0.382 e. The van der Waals surface area contributed by atoms with Crippen molar-refractivity contribution in [2.24, 2.45) is 4.99 Å². The highest BCUT2D eigenvalue weighted by molar-refractivity contribution is 5.70. The van der Waals surface area contributed by atoms with E-state index in [0.717, 1.165) is 17.5 Å². The van der Waals surface area contributed by atoms with Crippen molar-refractivity contribution in [2.75, 3.05) is 38.5 Å². The van der Waals surface area contributed by atoms with E-state index >= 15 is 0 Å². The van der Waals surface area contributed by atoms with Crippen LogP contribution in [-0.4, -0.2) is 71.7 Å². The number of hydrogen-bond acceptors (Lipinski definition) is 7. The van der Waals surface area contributed by atoms with Crippen LogP contribution in [-0.2, 0) is 4.79 Å². The summed E-state index contributed by atoms with van der Waals surface area (Å²) < 4.78 is 53.4. The number of nitrogens with zero attached hydrogens (tertiary/aromatic N) is 5. The number of alkyl halides is 2. The first-order valence-corrected chi connectivity index (χ1v) is 12.7. The predicted octanol–water partition coefficient (Wildman–Crippen LogP) is 5.49. The topological polar surface area (TPSA) is 87.4 Å². The third-order valence-corrected chi connectivity index (χ3v) is 5.55. The molecule has 12 heteroatoms. The Hall–Kier alpha value is -3.90. The van der Waals surface area contributed by atoms with Crippen LogP contribution in [0.5, 0.6) is 0 Å². The number of hydrogen-bond donors (Lipinski definition) is 2. The number of aliphatic imine (C=N–C) groups is 1. The number of rotatable bonds is 19. The summed E-state index contributed by atoms with van der Waals surface area (Å²) in [5.41, 5.74) is 2.83. The van der Waals surface area contributed by atoms with Gasteiger partial charge < -0.3 is 10.1 Å². The summed E-state index contributed by atoms with van der Waals surface area (Å²) in [5, 5.41) is 11.5. The standard InChI is InChI=1S/C28H35F4N7O/c1-3-16-33-17-5-6-18-34-25-14-12-23(13-15-25)27-20-39(37-35-27)26(21-40)11-8-10-24(29)9-4-7-19-38(2)22-28(30,31)36-32/h3-7,9,12-16,20-21,26,34,36H,1,8,10-11,17-19,22H2,2H3/b6-5-,7-4-,24-9+,33-16?. The lowest BCUT2D eigenvalue weighted by Gasteiger charge is -2.19. The van der Waals surface area contributed by atoms with E-state index in [0.29, 0.717) is 37.2 Å². The van der Waals surface area contributed by atoms with Crippen LogP contribution in [0.25, 0.3) is 11.3 Å². The summed E-state index contributed by atoms with van der Waals surface area (Å²) in [6, 6.07) is 3.42. The SMILES string of the molecule is C=CC=NC/C=C\CNc1ccc(-c2cn(C(C=O)CCC/C(F)=C\C=C/CN(C)CC(F)(F)NF)nn2)cc1. The lowest BCUT2D eigenvalue weighted by molar-refractivity contribution is -0.111. The van der Waals surface area contributed by atoms with Gasteiger partial charge in [0, 0.05) is 30.6 Å². The molecule has 0 aliphatic heterocycles. The maximum atomic E-state index is 14.1. The maximum absolute atomic E-state index is 14.1. The van der Waals surface area contributed by atoms with Gasteiger partial charge in [-0.15, -0.1) is 9.58 Å². The van der Waals surface area contributed by atoms with Gasteiger partial charge in [-0.2, -0.15) is 8.78 Å². The number of anilines is 1. The van der Waals surface area contributed by atoms with Crippen LogP contribution >= 0.6 is 0 Å². The van der Waals surface area contributed by atoms with Crippen molar-refractivity contribution < 1.29 is 22.4 Å². The van der Waals surface area contributed by atoms with Gasteiger partial charge in [0.15, 0.2) is 0 Å². The number of carbonyl (C=O) groups is 1. The quantitative estimate of drug-likeness (QED) is 0.0449. The molecule has 1 aromatic carbocycles. The van der Waals surface area contributed by atoms with Crippen molar-refractivity contribution in [1.82, 2.24) is 25.4 Å². The monoisotopic (exact) mass is 561 g/mol. The van der Waals surface area contributed by atoms with Crippen molar-refractivity contribution in [3.05, 3.63) is 79.3 Å². The van der Waals surface area contributed by atoms with E-state index < -0.39 is 24.5 Å². The maximum Gasteiger partial charge on any atom is 0.339 e. The molecule has 40 heavy (non-hydrogen) atoms. The van der Waals surface area contributed by atoms with Crippen LogP contribution in [0, 0.1) is 0 Å². The van der Waals surface area contributed by atoms with Gasteiger partial charge in [-0.05, 0) is 44.5 Å². The van der Waals surface area contributed by atoms with Crippen LogP contribution < -0.4 is 10.9 Å². The zero-order chi connectivity index (χ0) is 29.2. The summed E-state index contributed by atoms with van der Waals surface area (Å²) in [6.07, 6.45) is 14.6. The van der Waals surface area contributed by atoms with Crippen molar-refractivity contribution in [1.29, 1.82) is 0 Å². The van der Waals surface area contributed by atoms with Gasteiger partial charge in [0.25, 0.3) is 0 Å². The third-order valence-electron chi connectivity index (χ3n) is 5.55. The number of halogens is 4. The lowest BCUT2D eigenvalue weighted by atomic mass is 10.1. The summed E-state index contributed by atoms with van der Waals surface area (Å²) in [5.74, 6) is -0.413. The molecule has 216 valence electrons. The fraction of sp³-hybridized carbons (Fsp3) is 0.357. The second-order valence-corrected chi connectivity index (χ2v) is 8.90. The number of nitrogens with one attached hydrogen (secondary N) is 2. The highest BCUT2D eigenvalue weighted by atomic mass is 19.3. The van der Waals surface area contributed by atoms with Crippen LogP contribution in [0.3, 0.4) is 0 Å². The van der Waals surface area contributed by atoms with Gasteiger partial charge in [-0.1, -0.05) is 59.8 Å². The Labute approximate surface area is 231 Å². The molecule has 0 aliphatic carbocycles. The van der Waals surface area contributed by atoms with Gasteiger partial charge in [-0.25, -0.2) is 9.07 Å². The normalized spacial score (nSPS) is 13.6. The number of benzene rings is 1. The Kier molecular flexibility index (Phi) is 14.3. The molecule has 8 nitrogen and oxygen atoms in total. The zero-order valence-electron chi connectivity index (χ0n) is 22.4. The summed E-state index contributed by atoms with van der Waals surface area (Å²) in [4.78, 5) is 16.9.